The number of carboxylic acids is 1. The van der Waals surface area contributed by atoms with Crippen LogP contribution < -0.4 is 14.4 Å². The number of hydrogen-bond acceptors (Lipinski definition) is 5. The van der Waals surface area contributed by atoms with Gasteiger partial charge in [-0.05, 0) is 66.8 Å². The Morgan fingerprint density at radius 2 is 1.97 bits per heavy atom. The average Bonchev–Trinajstić information content (AvgIpc) is 3.61. The first-order chi connectivity index (χ1) is 14.6. The summed E-state index contributed by atoms with van der Waals surface area (Å²) in [7, 11) is 1.64. The molecule has 1 N–H and O–H groups in total. The lowest BCUT2D eigenvalue weighted by Gasteiger charge is -2.27. The summed E-state index contributed by atoms with van der Waals surface area (Å²) in [6, 6.07) is 16.6. The van der Waals surface area contributed by atoms with E-state index in [1.807, 2.05) is 48.7 Å². The lowest BCUT2D eigenvalue weighted by molar-refractivity contribution is 0.0697. The van der Waals surface area contributed by atoms with Crippen LogP contribution in [-0.2, 0) is 6.54 Å². The Balaban J connectivity index is 1.73. The molecule has 3 aromatic rings. The summed E-state index contributed by atoms with van der Waals surface area (Å²) in [6.07, 6.45) is 5.98. The number of aromatic carboxylic acids is 1. The van der Waals surface area contributed by atoms with Crippen LogP contribution in [0.2, 0.25) is 0 Å². The molecule has 0 amide bonds. The molecule has 6 nitrogen and oxygen atoms in total. The van der Waals surface area contributed by atoms with Crippen LogP contribution in [-0.4, -0.2) is 29.8 Å². The minimum absolute atomic E-state index is 0.250. The predicted octanol–water partition coefficient (Wildman–Crippen LogP) is 4.92. The number of carboxylic acid groups (broad SMARTS) is 1. The van der Waals surface area contributed by atoms with Gasteiger partial charge in [0, 0.05) is 30.7 Å². The summed E-state index contributed by atoms with van der Waals surface area (Å²) < 4.78 is 11.6. The maximum atomic E-state index is 11.3. The average molecular weight is 404 g/mol. The highest BCUT2D eigenvalue weighted by atomic mass is 16.5. The third-order valence-electron chi connectivity index (χ3n) is 5.12. The highest BCUT2D eigenvalue weighted by molar-refractivity contribution is 5.88. The van der Waals surface area contributed by atoms with E-state index in [4.69, 9.17) is 9.47 Å². The van der Waals surface area contributed by atoms with Crippen molar-refractivity contribution in [2.75, 3.05) is 18.6 Å². The molecule has 0 radical (unpaired) electrons. The normalized spacial score (nSPS) is 13.0. The van der Waals surface area contributed by atoms with Gasteiger partial charge in [0.25, 0.3) is 0 Å². The summed E-state index contributed by atoms with van der Waals surface area (Å²) >= 11 is 0. The summed E-state index contributed by atoms with van der Waals surface area (Å²) in [6.45, 7) is 1.24. The Kier molecular flexibility index (Phi) is 5.84. The van der Waals surface area contributed by atoms with E-state index in [1.54, 1.807) is 25.4 Å². The van der Waals surface area contributed by atoms with E-state index in [9.17, 15) is 9.90 Å². The van der Waals surface area contributed by atoms with Crippen LogP contribution in [0.4, 0.5) is 11.4 Å². The van der Waals surface area contributed by atoms with Gasteiger partial charge < -0.3 is 19.5 Å². The van der Waals surface area contributed by atoms with E-state index < -0.39 is 5.97 Å². The molecule has 1 aromatic heterocycles. The number of rotatable bonds is 9. The van der Waals surface area contributed by atoms with Crippen LogP contribution in [0.5, 0.6) is 11.5 Å². The van der Waals surface area contributed by atoms with Gasteiger partial charge in [-0.2, -0.15) is 0 Å². The Bertz CT molecular complexity index is 1000. The van der Waals surface area contributed by atoms with E-state index in [0.29, 0.717) is 19.1 Å². The van der Waals surface area contributed by atoms with Crippen molar-refractivity contribution in [2.24, 2.45) is 5.92 Å². The molecule has 2 aromatic carbocycles. The summed E-state index contributed by atoms with van der Waals surface area (Å²) in [5, 5.41) is 9.24. The molecule has 0 atom stereocenters. The number of pyridine rings is 1. The third kappa shape index (κ3) is 4.71. The van der Waals surface area contributed by atoms with E-state index >= 15 is 0 Å². The fourth-order valence-corrected chi connectivity index (χ4v) is 3.23. The Labute approximate surface area is 175 Å². The number of carbonyl (C=O) groups is 1. The van der Waals surface area contributed by atoms with Crippen molar-refractivity contribution >= 4 is 17.3 Å². The van der Waals surface area contributed by atoms with Gasteiger partial charge in [0.15, 0.2) is 0 Å². The molecule has 0 unspecified atom stereocenters. The number of methoxy groups -OCH3 is 1. The summed E-state index contributed by atoms with van der Waals surface area (Å²) in [5.74, 6) is 1.14. The smallest absolute Gasteiger partial charge is 0.335 e. The molecule has 1 heterocycles. The minimum atomic E-state index is -0.946. The molecule has 4 rings (SSSR count). The topological polar surface area (TPSA) is 71.9 Å². The largest absolute Gasteiger partial charge is 0.497 e. The SMILES string of the molecule is COc1ccc(N(Cc2cccnc2)c2ccc(C(=O)O)cc2)c(OCC2CC2)c1. The van der Waals surface area contributed by atoms with Crippen molar-refractivity contribution < 1.29 is 19.4 Å². The molecule has 1 aliphatic rings. The van der Waals surface area contributed by atoms with E-state index in [1.165, 1.54) is 12.8 Å². The maximum absolute atomic E-state index is 11.3. The second-order valence-corrected chi connectivity index (χ2v) is 7.39. The molecule has 0 aliphatic heterocycles. The molecule has 154 valence electrons. The molecule has 30 heavy (non-hydrogen) atoms. The standard InChI is InChI=1S/C24H24N2O4/c1-29-21-10-11-22(23(13-21)30-16-17-4-5-17)26(15-18-3-2-12-25-14-18)20-8-6-19(7-9-20)24(27)28/h2-3,6-14,17H,4-5,15-16H2,1H3,(H,27,28). The number of anilines is 2. The lowest BCUT2D eigenvalue weighted by Crippen LogP contribution is -2.18. The van der Waals surface area contributed by atoms with Crippen molar-refractivity contribution in [3.63, 3.8) is 0 Å². The first kappa shape index (κ1) is 19.8. The second kappa shape index (κ2) is 8.86. The number of aromatic nitrogens is 1. The molecule has 1 aliphatic carbocycles. The van der Waals surface area contributed by atoms with Crippen molar-refractivity contribution in [1.82, 2.24) is 4.98 Å². The Morgan fingerprint density at radius 1 is 1.17 bits per heavy atom. The first-order valence-corrected chi connectivity index (χ1v) is 9.94. The van der Waals surface area contributed by atoms with Crippen LogP contribution in [0.25, 0.3) is 0 Å². The number of ether oxygens (including phenoxy) is 2. The van der Waals surface area contributed by atoms with Crippen molar-refractivity contribution in [1.29, 1.82) is 0 Å². The minimum Gasteiger partial charge on any atom is -0.497 e. The van der Waals surface area contributed by atoms with Gasteiger partial charge in [-0.3, -0.25) is 4.98 Å². The fourth-order valence-electron chi connectivity index (χ4n) is 3.23. The van der Waals surface area contributed by atoms with E-state index in [-0.39, 0.29) is 5.56 Å². The molecule has 0 saturated heterocycles. The quantitative estimate of drug-likeness (QED) is 0.546. The molecule has 1 saturated carbocycles. The predicted molar refractivity (Wildman–Crippen MR) is 115 cm³/mol. The van der Waals surface area contributed by atoms with Crippen molar-refractivity contribution in [2.45, 2.75) is 19.4 Å². The lowest BCUT2D eigenvalue weighted by atomic mass is 10.1. The van der Waals surface area contributed by atoms with Crippen molar-refractivity contribution in [3.05, 3.63) is 78.1 Å². The highest BCUT2D eigenvalue weighted by Crippen LogP contribution is 2.39. The zero-order chi connectivity index (χ0) is 20.9. The molecule has 0 bridgehead atoms. The zero-order valence-electron chi connectivity index (χ0n) is 16.8. The zero-order valence-corrected chi connectivity index (χ0v) is 16.8. The third-order valence-corrected chi connectivity index (χ3v) is 5.12. The van der Waals surface area contributed by atoms with Crippen LogP contribution in [0, 0.1) is 5.92 Å². The Hall–Kier alpha value is -3.54. The fraction of sp³-hybridized carbons (Fsp3) is 0.250. The maximum Gasteiger partial charge on any atom is 0.335 e. The second-order valence-electron chi connectivity index (χ2n) is 7.39. The van der Waals surface area contributed by atoms with Crippen molar-refractivity contribution in [3.8, 4) is 11.5 Å². The van der Waals surface area contributed by atoms with E-state index in [2.05, 4.69) is 9.88 Å². The molecular weight excluding hydrogens is 380 g/mol. The van der Waals surface area contributed by atoms with Gasteiger partial charge in [0.1, 0.15) is 11.5 Å². The van der Waals surface area contributed by atoms with Crippen LogP contribution >= 0.6 is 0 Å². The van der Waals surface area contributed by atoms with Crippen LogP contribution in [0.3, 0.4) is 0 Å². The van der Waals surface area contributed by atoms with Gasteiger partial charge in [0.05, 0.1) is 25.0 Å². The number of benzene rings is 2. The number of nitrogens with zero attached hydrogens (tertiary/aromatic N) is 2. The van der Waals surface area contributed by atoms with Gasteiger partial charge in [-0.25, -0.2) is 4.79 Å². The summed E-state index contributed by atoms with van der Waals surface area (Å²) in [4.78, 5) is 17.6. The number of hydrogen-bond donors (Lipinski definition) is 1. The monoisotopic (exact) mass is 404 g/mol. The Morgan fingerprint density at radius 3 is 2.60 bits per heavy atom. The molecule has 6 heteroatoms. The van der Waals surface area contributed by atoms with Gasteiger partial charge >= 0.3 is 5.97 Å². The molecule has 1 fully saturated rings. The van der Waals surface area contributed by atoms with Gasteiger partial charge in [0.2, 0.25) is 0 Å². The van der Waals surface area contributed by atoms with Crippen LogP contribution in [0.1, 0.15) is 28.8 Å². The van der Waals surface area contributed by atoms with Gasteiger partial charge in [-0.1, -0.05) is 6.07 Å². The molecule has 0 spiro atoms. The first-order valence-electron chi connectivity index (χ1n) is 9.94. The van der Waals surface area contributed by atoms with E-state index in [0.717, 1.165) is 28.4 Å². The highest BCUT2D eigenvalue weighted by Gasteiger charge is 2.24. The van der Waals surface area contributed by atoms with Gasteiger partial charge in [-0.15, -0.1) is 0 Å². The van der Waals surface area contributed by atoms with Crippen LogP contribution in [0.15, 0.2) is 67.0 Å². The molecular formula is C24H24N2O4. The summed E-state index contributed by atoms with van der Waals surface area (Å²) in [5.41, 5.74) is 3.04.